The number of ether oxygens (including phenoxy) is 1. The first-order valence-corrected chi connectivity index (χ1v) is 7.97. The van der Waals surface area contributed by atoms with Crippen LogP contribution in [0.15, 0.2) is 48.5 Å². The van der Waals surface area contributed by atoms with Gasteiger partial charge in [0.05, 0.1) is 12.7 Å². The van der Waals surface area contributed by atoms with Gasteiger partial charge in [-0.1, -0.05) is 55.9 Å². The molecule has 0 aromatic heterocycles. The highest BCUT2D eigenvalue weighted by Crippen LogP contribution is 2.16. The van der Waals surface area contributed by atoms with Gasteiger partial charge < -0.3 is 4.74 Å². The van der Waals surface area contributed by atoms with Crippen LogP contribution in [0.25, 0.3) is 4.85 Å². The van der Waals surface area contributed by atoms with Crippen molar-refractivity contribution in [2.75, 3.05) is 0 Å². The van der Waals surface area contributed by atoms with Crippen LogP contribution in [-0.2, 0) is 0 Å². The third kappa shape index (κ3) is 5.53. The second-order valence-corrected chi connectivity index (χ2v) is 5.50. The van der Waals surface area contributed by atoms with Crippen LogP contribution in [0.1, 0.15) is 44.2 Å². The van der Waals surface area contributed by atoms with E-state index in [4.69, 9.17) is 11.3 Å². The molecule has 0 fully saturated rings. The molecule has 0 amide bonds. The SMILES string of the molecule is [C-]#[N+]c1ccc(C#Cc2ccc(O[C@H](C)CCCC)cc2)cc1. The van der Waals surface area contributed by atoms with Gasteiger partial charge in [0.1, 0.15) is 5.75 Å². The molecule has 0 unspecified atom stereocenters. The molecule has 2 nitrogen and oxygen atoms in total. The first-order valence-electron chi connectivity index (χ1n) is 7.97. The molecule has 0 bridgehead atoms. The summed E-state index contributed by atoms with van der Waals surface area (Å²) in [6.45, 7) is 11.2. The first kappa shape index (κ1) is 16.7. The fourth-order valence-electron chi connectivity index (χ4n) is 2.16. The van der Waals surface area contributed by atoms with Crippen molar-refractivity contribution in [3.05, 3.63) is 71.1 Å². The molecule has 23 heavy (non-hydrogen) atoms. The lowest BCUT2D eigenvalue weighted by molar-refractivity contribution is 0.207. The summed E-state index contributed by atoms with van der Waals surface area (Å²) < 4.78 is 5.88. The van der Waals surface area contributed by atoms with E-state index in [0.29, 0.717) is 5.69 Å². The maximum atomic E-state index is 6.93. The van der Waals surface area contributed by atoms with E-state index in [2.05, 4.69) is 30.5 Å². The van der Waals surface area contributed by atoms with Crippen molar-refractivity contribution in [3.63, 3.8) is 0 Å². The largest absolute Gasteiger partial charge is 0.491 e. The minimum Gasteiger partial charge on any atom is -0.491 e. The maximum Gasteiger partial charge on any atom is 0.187 e. The first-order chi connectivity index (χ1) is 11.2. The number of hydrogen-bond donors (Lipinski definition) is 0. The monoisotopic (exact) mass is 303 g/mol. The van der Waals surface area contributed by atoms with Crippen LogP contribution in [0.4, 0.5) is 5.69 Å². The van der Waals surface area contributed by atoms with Crippen LogP contribution in [0, 0.1) is 18.4 Å². The van der Waals surface area contributed by atoms with Crippen molar-refractivity contribution < 1.29 is 4.74 Å². The molecule has 2 aromatic rings. The maximum absolute atomic E-state index is 6.93. The Morgan fingerprint density at radius 3 is 2.09 bits per heavy atom. The van der Waals surface area contributed by atoms with E-state index >= 15 is 0 Å². The number of rotatable bonds is 5. The van der Waals surface area contributed by atoms with Crippen LogP contribution in [0.3, 0.4) is 0 Å². The summed E-state index contributed by atoms with van der Waals surface area (Å²) in [7, 11) is 0. The van der Waals surface area contributed by atoms with E-state index in [1.807, 2.05) is 36.4 Å². The molecule has 0 heterocycles. The molecule has 0 aliphatic rings. The number of nitrogens with zero attached hydrogens (tertiary/aromatic N) is 1. The molecule has 116 valence electrons. The van der Waals surface area contributed by atoms with E-state index in [-0.39, 0.29) is 6.10 Å². The van der Waals surface area contributed by atoms with Gasteiger partial charge in [-0.15, -0.1) is 0 Å². The molecule has 0 aliphatic heterocycles. The summed E-state index contributed by atoms with van der Waals surface area (Å²) in [5, 5.41) is 0. The molecule has 0 aliphatic carbocycles. The van der Waals surface area contributed by atoms with Gasteiger partial charge in [0.2, 0.25) is 0 Å². The van der Waals surface area contributed by atoms with Crippen LogP contribution in [0.5, 0.6) is 5.75 Å². The fraction of sp³-hybridized carbons (Fsp3) is 0.286. The van der Waals surface area contributed by atoms with Crippen molar-refractivity contribution in [3.8, 4) is 17.6 Å². The van der Waals surface area contributed by atoms with Gasteiger partial charge in [0, 0.05) is 11.1 Å². The molecule has 0 radical (unpaired) electrons. The molecule has 2 rings (SSSR count). The van der Waals surface area contributed by atoms with Crippen molar-refractivity contribution in [2.45, 2.75) is 39.2 Å². The predicted molar refractivity (Wildman–Crippen MR) is 94.7 cm³/mol. The molecule has 0 N–H and O–H groups in total. The highest BCUT2D eigenvalue weighted by atomic mass is 16.5. The Morgan fingerprint density at radius 1 is 1.00 bits per heavy atom. The average Bonchev–Trinajstić information content (AvgIpc) is 2.60. The normalized spacial score (nSPS) is 11.0. The molecule has 2 aromatic carbocycles. The average molecular weight is 303 g/mol. The second kappa shape index (κ2) is 8.66. The van der Waals surface area contributed by atoms with Crippen molar-refractivity contribution in [1.29, 1.82) is 0 Å². The van der Waals surface area contributed by atoms with Gasteiger partial charge in [0.15, 0.2) is 5.69 Å². The minimum absolute atomic E-state index is 0.243. The van der Waals surface area contributed by atoms with Gasteiger partial charge >= 0.3 is 0 Å². The highest BCUT2D eigenvalue weighted by Gasteiger charge is 2.02. The van der Waals surface area contributed by atoms with Crippen molar-refractivity contribution in [1.82, 2.24) is 0 Å². The summed E-state index contributed by atoms with van der Waals surface area (Å²) in [5.41, 5.74) is 2.49. The Morgan fingerprint density at radius 2 is 1.57 bits per heavy atom. The fourth-order valence-corrected chi connectivity index (χ4v) is 2.16. The van der Waals surface area contributed by atoms with Gasteiger partial charge in [-0.3, -0.25) is 0 Å². The van der Waals surface area contributed by atoms with E-state index in [1.165, 1.54) is 12.8 Å². The van der Waals surface area contributed by atoms with Crippen molar-refractivity contribution in [2.24, 2.45) is 0 Å². The van der Waals surface area contributed by atoms with Gasteiger partial charge in [-0.25, -0.2) is 4.85 Å². The Balaban J connectivity index is 1.97. The summed E-state index contributed by atoms with van der Waals surface area (Å²) in [5.74, 6) is 7.13. The summed E-state index contributed by atoms with van der Waals surface area (Å²) in [6.07, 6.45) is 3.71. The molecule has 0 spiro atoms. The molecular weight excluding hydrogens is 282 g/mol. The van der Waals surface area contributed by atoms with Gasteiger partial charge in [-0.2, -0.15) is 0 Å². The Bertz CT molecular complexity index is 712. The standard InChI is InChI=1S/C21H21NO/c1-4-5-6-17(2)23-21-15-11-19(12-16-21)8-7-18-9-13-20(22-3)14-10-18/h9-17H,4-6H2,1-2H3/t17-/m1/s1. The van der Waals surface area contributed by atoms with Crippen LogP contribution in [-0.4, -0.2) is 6.10 Å². The second-order valence-electron chi connectivity index (χ2n) is 5.50. The van der Waals surface area contributed by atoms with E-state index in [0.717, 1.165) is 23.3 Å². The Kier molecular flexibility index (Phi) is 6.28. The third-order valence-corrected chi connectivity index (χ3v) is 3.50. The lowest BCUT2D eigenvalue weighted by Gasteiger charge is -2.14. The summed E-state index contributed by atoms with van der Waals surface area (Å²) >= 11 is 0. The van der Waals surface area contributed by atoms with Crippen LogP contribution >= 0.6 is 0 Å². The van der Waals surface area contributed by atoms with Crippen LogP contribution < -0.4 is 4.74 Å². The predicted octanol–water partition coefficient (Wildman–Crippen LogP) is 5.59. The third-order valence-electron chi connectivity index (χ3n) is 3.50. The van der Waals surface area contributed by atoms with Crippen molar-refractivity contribution >= 4 is 5.69 Å². The quantitative estimate of drug-likeness (QED) is 0.518. The van der Waals surface area contributed by atoms with E-state index < -0.39 is 0 Å². The van der Waals surface area contributed by atoms with Gasteiger partial charge in [-0.05, 0) is 37.6 Å². The lowest BCUT2D eigenvalue weighted by Crippen LogP contribution is -2.11. The molecule has 1 atom stereocenters. The number of unbranched alkanes of at least 4 members (excludes halogenated alkanes) is 1. The molecule has 0 saturated carbocycles. The molecular formula is C21H21NO. The van der Waals surface area contributed by atoms with E-state index in [1.54, 1.807) is 12.1 Å². The number of benzene rings is 2. The summed E-state index contributed by atoms with van der Waals surface area (Å²) in [4.78, 5) is 3.37. The van der Waals surface area contributed by atoms with E-state index in [9.17, 15) is 0 Å². The molecule has 0 saturated heterocycles. The minimum atomic E-state index is 0.243. The lowest BCUT2D eigenvalue weighted by atomic mass is 10.1. The Hall–Kier alpha value is -2.71. The molecule has 2 heteroatoms. The number of hydrogen-bond acceptors (Lipinski definition) is 1. The highest BCUT2D eigenvalue weighted by molar-refractivity contribution is 5.50. The van der Waals surface area contributed by atoms with Gasteiger partial charge in [0.25, 0.3) is 0 Å². The smallest absolute Gasteiger partial charge is 0.187 e. The van der Waals surface area contributed by atoms with Crippen LogP contribution in [0.2, 0.25) is 0 Å². The zero-order valence-electron chi connectivity index (χ0n) is 13.7. The zero-order chi connectivity index (χ0) is 16.5. The topological polar surface area (TPSA) is 13.6 Å². The zero-order valence-corrected chi connectivity index (χ0v) is 13.7. The Labute approximate surface area is 138 Å². The summed E-state index contributed by atoms with van der Waals surface area (Å²) in [6, 6.07) is 15.2.